The van der Waals surface area contributed by atoms with Crippen molar-refractivity contribution < 1.29 is 23.2 Å². The average molecular weight is 469 g/mol. The summed E-state index contributed by atoms with van der Waals surface area (Å²) in [6, 6.07) is 4.43. The lowest BCUT2D eigenvalue weighted by Crippen LogP contribution is -2.53. The van der Waals surface area contributed by atoms with Gasteiger partial charge in [0.05, 0.1) is 17.5 Å². The number of H-pyrrole nitrogens is 1. The van der Waals surface area contributed by atoms with Gasteiger partial charge in [0.15, 0.2) is 0 Å². The summed E-state index contributed by atoms with van der Waals surface area (Å²) in [5.74, 6) is -4.18. The number of aromatic nitrogens is 1. The first-order valence-electron chi connectivity index (χ1n) is 11.3. The first-order chi connectivity index (χ1) is 16.0. The number of hydrogen-bond donors (Lipinski definition) is 3. The van der Waals surface area contributed by atoms with Crippen LogP contribution in [0.2, 0.25) is 0 Å². The molecule has 3 heterocycles. The fraction of sp³-hybridized carbons (Fsp3) is 0.500. The molecule has 3 amide bonds. The Kier molecular flexibility index (Phi) is 4.76. The maximum absolute atomic E-state index is 14.2. The molecule has 4 N–H and O–H groups in total. The lowest BCUT2D eigenvalue weighted by molar-refractivity contribution is -0.125. The largest absolute Gasteiger partial charge is 0.368 e. The summed E-state index contributed by atoms with van der Waals surface area (Å²) in [7, 11) is 0. The number of carbonyl (C=O) groups is 3. The number of primary amides is 1. The number of amides is 3. The SMILES string of the molecule is CC1(C)C2CN(C(=O)c3cc4cc(F)cc(F)c4[nH]3)C(C(N)=O)C21[C@@H](C#N)C[C@H]1CCNC1=O. The third-order valence-corrected chi connectivity index (χ3v) is 8.45. The van der Waals surface area contributed by atoms with Crippen LogP contribution in [0.1, 0.15) is 37.2 Å². The fourth-order valence-electron chi connectivity index (χ4n) is 6.84. The van der Waals surface area contributed by atoms with Gasteiger partial charge in [0.2, 0.25) is 11.8 Å². The normalized spacial score (nSPS) is 30.0. The van der Waals surface area contributed by atoms with E-state index < -0.39 is 46.2 Å². The molecule has 0 bridgehead atoms. The molecule has 3 unspecified atom stereocenters. The Balaban J connectivity index is 1.52. The number of nitrogens with one attached hydrogen (secondary N) is 2. The van der Waals surface area contributed by atoms with Gasteiger partial charge in [-0.3, -0.25) is 14.4 Å². The summed E-state index contributed by atoms with van der Waals surface area (Å²) >= 11 is 0. The minimum Gasteiger partial charge on any atom is -0.368 e. The molecule has 10 heteroatoms. The maximum Gasteiger partial charge on any atom is 0.271 e. The summed E-state index contributed by atoms with van der Waals surface area (Å²) in [5.41, 5.74) is 4.48. The van der Waals surface area contributed by atoms with E-state index >= 15 is 0 Å². The van der Waals surface area contributed by atoms with Crippen LogP contribution in [0.5, 0.6) is 0 Å². The molecule has 3 fully saturated rings. The van der Waals surface area contributed by atoms with Crippen molar-refractivity contribution in [1.82, 2.24) is 15.2 Å². The quantitative estimate of drug-likeness (QED) is 0.618. The summed E-state index contributed by atoms with van der Waals surface area (Å²) in [6.45, 7) is 4.65. The molecule has 1 aromatic carbocycles. The maximum atomic E-state index is 14.2. The zero-order valence-corrected chi connectivity index (χ0v) is 18.8. The highest BCUT2D eigenvalue weighted by molar-refractivity contribution is 6.01. The molecule has 3 aliphatic rings. The van der Waals surface area contributed by atoms with E-state index in [-0.39, 0.29) is 47.3 Å². The first-order valence-corrected chi connectivity index (χ1v) is 11.3. The topological polar surface area (TPSA) is 132 Å². The summed E-state index contributed by atoms with van der Waals surface area (Å²) in [4.78, 5) is 42.5. The molecule has 0 spiro atoms. The number of halogens is 2. The van der Waals surface area contributed by atoms with Crippen LogP contribution in [-0.2, 0) is 9.59 Å². The van der Waals surface area contributed by atoms with Crippen LogP contribution < -0.4 is 11.1 Å². The van der Waals surface area contributed by atoms with Crippen molar-refractivity contribution >= 4 is 28.6 Å². The molecule has 8 nitrogen and oxygen atoms in total. The number of benzene rings is 1. The van der Waals surface area contributed by atoms with Crippen LogP contribution in [0.4, 0.5) is 8.78 Å². The molecule has 0 radical (unpaired) electrons. The van der Waals surface area contributed by atoms with Gasteiger partial charge in [-0.15, -0.1) is 0 Å². The van der Waals surface area contributed by atoms with E-state index in [2.05, 4.69) is 16.4 Å². The van der Waals surface area contributed by atoms with Gasteiger partial charge >= 0.3 is 0 Å². The number of nitrogens with zero attached hydrogens (tertiary/aromatic N) is 2. The van der Waals surface area contributed by atoms with Gasteiger partial charge in [-0.1, -0.05) is 13.8 Å². The molecule has 2 aromatic rings. The van der Waals surface area contributed by atoms with Crippen molar-refractivity contribution in [3.8, 4) is 6.07 Å². The van der Waals surface area contributed by atoms with Crippen molar-refractivity contribution in [2.75, 3.05) is 13.1 Å². The number of hydrogen-bond acceptors (Lipinski definition) is 4. The number of carbonyl (C=O) groups excluding carboxylic acids is 3. The van der Waals surface area contributed by atoms with Crippen LogP contribution in [0.15, 0.2) is 18.2 Å². The Hall–Kier alpha value is -3.48. The first kappa shape index (κ1) is 22.3. The van der Waals surface area contributed by atoms with E-state index in [9.17, 15) is 28.4 Å². The van der Waals surface area contributed by atoms with Crippen molar-refractivity contribution in [1.29, 1.82) is 5.26 Å². The van der Waals surface area contributed by atoms with Gasteiger partial charge in [-0.05, 0) is 36.3 Å². The molecule has 1 saturated carbocycles. The zero-order chi connectivity index (χ0) is 24.6. The molecular weight excluding hydrogens is 444 g/mol. The van der Waals surface area contributed by atoms with E-state index in [0.29, 0.717) is 13.0 Å². The van der Waals surface area contributed by atoms with Crippen LogP contribution in [0, 0.1) is 51.5 Å². The van der Waals surface area contributed by atoms with Crippen LogP contribution in [0.25, 0.3) is 10.9 Å². The number of piperidine rings is 1. The second-order valence-electron chi connectivity index (χ2n) is 10.2. The summed E-state index contributed by atoms with van der Waals surface area (Å²) < 4.78 is 27.8. The zero-order valence-electron chi connectivity index (χ0n) is 18.8. The van der Waals surface area contributed by atoms with Crippen LogP contribution >= 0.6 is 0 Å². The predicted molar refractivity (Wildman–Crippen MR) is 117 cm³/mol. The van der Waals surface area contributed by atoms with E-state index in [0.717, 1.165) is 12.1 Å². The van der Waals surface area contributed by atoms with E-state index in [4.69, 9.17) is 5.73 Å². The Morgan fingerprint density at radius 1 is 1.32 bits per heavy atom. The third kappa shape index (κ3) is 2.82. The van der Waals surface area contributed by atoms with Gasteiger partial charge in [0.1, 0.15) is 23.4 Å². The molecule has 5 rings (SSSR count). The van der Waals surface area contributed by atoms with E-state index in [1.54, 1.807) is 0 Å². The fourth-order valence-corrected chi connectivity index (χ4v) is 6.84. The molecule has 2 saturated heterocycles. The average Bonchev–Trinajstić information content (AvgIpc) is 3.29. The molecule has 1 aliphatic carbocycles. The second kappa shape index (κ2) is 7.26. The standard InChI is InChI=1S/C24H25F2N5O3/c1-23(2)17-10-31(22(34)16-7-12-6-14(25)8-15(26)18(12)30-16)19(20(28)32)24(17,23)13(9-27)5-11-3-4-29-21(11)33/h6-8,11,13,17,19,30H,3-5,10H2,1-2H3,(H2,28,32)(H,29,33)/t11-,13-,17?,19?,24?/m1/s1. The highest BCUT2D eigenvalue weighted by atomic mass is 19.1. The minimum atomic E-state index is -1.07. The minimum absolute atomic E-state index is 0.00341. The van der Waals surface area contributed by atoms with E-state index in [1.165, 1.54) is 11.0 Å². The van der Waals surface area contributed by atoms with Crippen molar-refractivity contribution in [2.24, 2.45) is 34.3 Å². The van der Waals surface area contributed by atoms with Crippen molar-refractivity contribution in [3.63, 3.8) is 0 Å². The molecular formula is C24H25F2N5O3. The molecule has 1 aromatic heterocycles. The van der Waals surface area contributed by atoms with Crippen molar-refractivity contribution in [2.45, 2.75) is 32.7 Å². The molecule has 34 heavy (non-hydrogen) atoms. The number of nitrogens with two attached hydrogens (primary N) is 1. The Bertz CT molecular complexity index is 1280. The Morgan fingerprint density at radius 2 is 2.06 bits per heavy atom. The molecule has 178 valence electrons. The lowest BCUT2D eigenvalue weighted by atomic mass is 9.73. The molecule has 5 atom stereocenters. The molecule has 2 aliphatic heterocycles. The lowest BCUT2D eigenvalue weighted by Gasteiger charge is -2.36. The van der Waals surface area contributed by atoms with Gasteiger partial charge in [0.25, 0.3) is 5.91 Å². The van der Waals surface area contributed by atoms with Crippen LogP contribution in [-0.4, -0.2) is 46.7 Å². The highest BCUT2D eigenvalue weighted by Crippen LogP contribution is 2.78. The number of rotatable bonds is 5. The van der Waals surface area contributed by atoms with Gasteiger partial charge in [-0.2, -0.15) is 5.26 Å². The van der Waals surface area contributed by atoms with Gasteiger partial charge in [0, 0.05) is 35.9 Å². The Labute approximate surface area is 194 Å². The third-order valence-electron chi connectivity index (χ3n) is 8.45. The second-order valence-corrected chi connectivity index (χ2v) is 10.2. The predicted octanol–water partition coefficient (Wildman–Crippen LogP) is 2.06. The van der Waals surface area contributed by atoms with Crippen LogP contribution in [0.3, 0.4) is 0 Å². The highest BCUT2D eigenvalue weighted by Gasteiger charge is 2.83. The van der Waals surface area contributed by atoms with Gasteiger partial charge < -0.3 is 20.9 Å². The number of aromatic amines is 1. The van der Waals surface area contributed by atoms with Gasteiger partial charge in [-0.25, -0.2) is 8.78 Å². The van der Waals surface area contributed by atoms with E-state index in [1.807, 2.05) is 13.8 Å². The summed E-state index contributed by atoms with van der Waals surface area (Å²) in [6.07, 6.45) is 0.893. The number of fused-ring (bicyclic) bond motifs is 2. The number of nitriles is 1. The Morgan fingerprint density at radius 3 is 2.68 bits per heavy atom. The number of likely N-dealkylation sites (tertiary alicyclic amines) is 1. The monoisotopic (exact) mass is 469 g/mol. The summed E-state index contributed by atoms with van der Waals surface area (Å²) in [5, 5.41) is 13.1. The van der Waals surface area contributed by atoms with Crippen molar-refractivity contribution in [3.05, 3.63) is 35.5 Å². The smallest absolute Gasteiger partial charge is 0.271 e.